The zero-order valence-electron chi connectivity index (χ0n) is 10.2. The number of halogens is 2. The molecule has 18 heavy (non-hydrogen) atoms. The van der Waals surface area contributed by atoms with Gasteiger partial charge < -0.3 is 10.5 Å². The molecule has 1 aromatic carbocycles. The van der Waals surface area contributed by atoms with Gasteiger partial charge in [-0.1, -0.05) is 17.7 Å². The maximum Gasteiger partial charge on any atom is 0.0593 e. The molecule has 0 radical (unpaired) electrons. The van der Waals surface area contributed by atoms with Crippen LogP contribution in [0.2, 0.25) is 5.02 Å². The van der Waals surface area contributed by atoms with Crippen LogP contribution in [0.3, 0.4) is 0 Å². The Kier molecular flexibility index (Phi) is 5.45. The van der Waals surface area contributed by atoms with Gasteiger partial charge in [0.15, 0.2) is 0 Å². The van der Waals surface area contributed by atoms with Crippen LogP contribution in [0.4, 0.5) is 0 Å². The normalized spacial score (nSPS) is 19.5. The molecule has 0 bridgehead atoms. The highest BCUT2D eigenvalue weighted by Gasteiger charge is 2.20. The second-order valence-electron chi connectivity index (χ2n) is 4.43. The summed E-state index contributed by atoms with van der Waals surface area (Å²) in [4.78, 5) is 2.39. The summed E-state index contributed by atoms with van der Waals surface area (Å²) in [7, 11) is 0. The second-order valence-corrected chi connectivity index (χ2v) is 5.69. The molecule has 0 saturated carbocycles. The first-order valence-corrected chi connectivity index (χ1v) is 7.36. The van der Waals surface area contributed by atoms with Crippen molar-refractivity contribution >= 4 is 27.5 Å². The number of rotatable bonds is 3. The van der Waals surface area contributed by atoms with E-state index in [1.807, 2.05) is 6.07 Å². The van der Waals surface area contributed by atoms with E-state index < -0.39 is 0 Å². The maximum absolute atomic E-state index is 6.03. The van der Waals surface area contributed by atoms with Gasteiger partial charge in [-0.25, -0.2) is 0 Å². The molecule has 0 spiro atoms. The topological polar surface area (TPSA) is 38.5 Å². The van der Waals surface area contributed by atoms with Crippen molar-refractivity contribution in [3.8, 4) is 0 Å². The van der Waals surface area contributed by atoms with E-state index in [1.54, 1.807) is 0 Å². The monoisotopic (exact) mass is 332 g/mol. The van der Waals surface area contributed by atoms with Crippen LogP contribution in [0.1, 0.15) is 18.0 Å². The fourth-order valence-corrected chi connectivity index (χ4v) is 2.81. The number of nitrogens with zero attached hydrogens (tertiary/aromatic N) is 1. The third kappa shape index (κ3) is 3.45. The van der Waals surface area contributed by atoms with Gasteiger partial charge in [0.2, 0.25) is 0 Å². The van der Waals surface area contributed by atoms with Crippen molar-refractivity contribution in [1.82, 2.24) is 4.90 Å². The van der Waals surface area contributed by atoms with Gasteiger partial charge in [0.05, 0.1) is 11.6 Å². The molecular weight excluding hydrogens is 316 g/mol. The molecule has 1 fully saturated rings. The average molecular weight is 334 g/mol. The third-order valence-electron chi connectivity index (χ3n) is 3.25. The quantitative estimate of drug-likeness (QED) is 0.924. The van der Waals surface area contributed by atoms with Gasteiger partial charge in [-0.05, 0) is 40.0 Å². The van der Waals surface area contributed by atoms with Crippen molar-refractivity contribution in [2.45, 2.75) is 12.5 Å². The summed E-state index contributed by atoms with van der Waals surface area (Å²) in [5, 5.41) is 0.730. The number of nitrogens with two attached hydrogens (primary N) is 1. The summed E-state index contributed by atoms with van der Waals surface area (Å²) in [5.41, 5.74) is 7.15. The van der Waals surface area contributed by atoms with E-state index in [1.165, 1.54) is 5.56 Å². The molecule has 1 unspecified atom stereocenters. The van der Waals surface area contributed by atoms with Crippen LogP contribution in [0, 0.1) is 0 Å². The highest BCUT2D eigenvalue weighted by atomic mass is 79.9. The lowest BCUT2D eigenvalue weighted by Gasteiger charge is -2.29. The minimum atomic E-state index is 0.236. The Labute approximate surface area is 121 Å². The molecule has 0 aromatic heterocycles. The first kappa shape index (κ1) is 14.3. The van der Waals surface area contributed by atoms with Gasteiger partial charge in [-0.2, -0.15) is 0 Å². The summed E-state index contributed by atoms with van der Waals surface area (Å²) in [6, 6.07) is 6.26. The Morgan fingerprint density at radius 3 is 2.94 bits per heavy atom. The predicted octanol–water partition coefficient (Wildman–Crippen LogP) is 2.82. The Bertz CT molecular complexity index is 395. The van der Waals surface area contributed by atoms with Crippen molar-refractivity contribution in [1.29, 1.82) is 0 Å². The minimum Gasteiger partial charge on any atom is -0.380 e. The first-order valence-electron chi connectivity index (χ1n) is 6.19. The molecule has 0 aliphatic carbocycles. The maximum atomic E-state index is 6.03. The van der Waals surface area contributed by atoms with E-state index in [9.17, 15) is 0 Å². The number of ether oxygens (including phenoxy) is 1. The minimum absolute atomic E-state index is 0.236. The van der Waals surface area contributed by atoms with Crippen LogP contribution < -0.4 is 5.73 Å². The van der Waals surface area contributed by atoms with E-state index >= 15 is 0 Å². The van der Waals surface area contributed by atoms with Crippen molar-refractivity contribution < 1.29 is 4.74 Å². The first-order chi connectivity index (χ1) is 8.72. The summed E-state index contributed by atoms with van der Waals surface area (Å²) in [5.74, 6) is 0. The van der Waals surface area contributed by atoms with Crippen molar-refractivity contribution in [2.75, 3.05) is 32.8 Å². The lowest BCUT2D eigenvalue weighted by Crippen LogP contribution is -2.35. The van der Waals surface area contributed by atoms with Crippen LogP contribution in [-0.2, 0) is 4.74 Å². The zero-order valence-corrected chi connectivity index (χ0v) is 12.6. The summed E-state index contributed by atoms with van der Waals surface area (Å²) >= 11 is 9.50. The fourth-order valence-electron chi connectivity index (χ4n) is 2.29. The van der Waals surface area contributed by atoms with Crippen molar-refractivity contribution in [2.24, 2.45) is 5.73 Å². The standard InChI is InChI=1S/C13H18BrClN2O/c14-11-8-10(2-3-12(11)15)13(9-16)17-4-1-6-18-7-5-17/h2-3,8,13H,1,4-7,9,16H2. The molecular formula is C13H18BrClN2O. The predicted molar refractivity (Wildman–Crippen MR) is 78.0 cm³/mol. The second kappa shape index (κ2) is 6.87. The fraction of sp³-hybridized carbons (Fsp3) is 0.538. The van der Waals surface area contributed by atoms with Gasteiger partial charge in [-0.3, -0.25) is 4.90 Å². The van der Waals surface area contributed by atoms with Crippen LogP contribution in [0.15, 0.2) is 22.7 Å². The SMILES string of the molecule is NCC(c1ccc(Cl)c(Br)c1)N1CCCOCC1. The smallest absolute Gasteiger partial charge is 0.0593 e. The Balaban J connectivity index is 2.17. The van der Waals surface area contributed by atoms with E-state index in [2.05, 4.69) is 33.0 Å². The van der Waals surface area contributed by atoms with Crippen molar-refractivity contribution in [3.63, 3.8) is 0 Å². The van der Waals surface area contributed by atoms with Gasteiger partial charge >= 0.3 is 0 Å². The molecule has 1 aromatic rings. The summed E-state index contributed by atoms with van der Waals surface area (Å²) in [6.45, 7) is 4.20. The summed E-state index contributed by atoms with van der Waals surface area (Å²) in [6.07, 6.45) is 1.06. The third-order valence-corrected chi connectivity index (χ3v) is 4.46. The van der Waals surface area contributed by atoms with E-state index in [4.69, 9.17) is 22.1 Å². The molecule has 0 amide bonds. The highest BCUT2D eigenvalue weighted by molar-refractivity contribution is 9.10. The molecule has 100 valence electrons. The number of benzene rings is 1. The molecule has 1 saturated heterocycles. The van der Waals surface area contributed by atoms with Crippen molar-refractivity contribution in [3.05, 3.63) is 33.3 Å². The van der Waals surface area contributed by atoms with Gasteiger partial charge in [0.25, 0.3) is 0 Å². The largest absolute Gasteiger partial charge is 0.380 e. The lowest BCUT2D eigenvalue weighted by molar-refractivity contribution is 0.132. The molecule has 3 nitrogen and oxygen atoms in total. The van der Waals surface area contributed by atoms with Crippen LogP contribution >= 0.6 is 27.5 Å². The molecule has 5 heteroatoms. The average Bonchev–Trinajstić information content (AvgIpc) is 2.64. The van der Waals surface area contributed by atoms with Gasteiger partial charge in [0.1, 0.15) is 0 Å². The number of hydrogen-bond donors (Lipinski definition) is 1. The molecule has 2 rings (SSSR count). The molecule has 1 atom stereocenters. The summed E-state index contributed by atoms with van der Waals surface area (Å²) < 4.78 is 6.41. The van der Waals surface area contributed by atoms with Gasteiger partial charge in [0, 0.05) is 36.8 Å². The van der Waals surface area contributed by atoms with E-state index in [0.717, 1.165) is 42.2 Å². The lowest BCUT2D eigenvalue weighted by atomic mass is 10.1. The molecule has 1 aliphatic heterocycles. The van der Waals surface area contributed by atoms with Crippen LogP contribution in [-0.4, -0.2) is 37.7 Å². The van der Waals surface area contributed by atoms with Crippen LogP contribution in [0.25, 0.3) is 0 Å². The Hall–Kier alpha value is -0.130. The van der Waals surface area contributed by atoms with Gasteiger partial charge in [-0.15, -0.1) is 0 Å². The molecule has 1 heterocycles. The van der Waals surface area contributed by atoms with E-state index in [-0.39, 0.29) is 6.04 Å². The van der Waals surface area contributed by atoms with E-state index in [0.29, 0.717) is 6.54 Å². The number of hydrogen-bond acceptors (Lipinski definition) is 3. The molecule has 1 aliphatic rings. The molecule has 2 N–H and O–H groups in total. The highest BCUT2D eigenvalue weighted by Crippen LogP contribution is 2.28. The zero-order chi connectivity index (χ0) is 13.0. The van der Waals surface area contributed by atoms with Crippen LogP contribution in [0.5, 0.6) is 0 Å². The Morgan fingerprint density at radius 2 is 2.22 bits per heavy atom. The Morgan fingerprint density at radius 1 is 1.39 bits per heavy atom.